The second-order valence-corrected chi connectivity index (χ2v) is 4.05. The SMILES string of the molecule is C(#Cc1cn[nH]c1)c1ccc(C#Cc2cn[nH]c2)cc1. The Balaban J connectivity index is 1.75. The van der Waals surface area contributed by atoms with Gasteiger partial charge in [-0.25, -0.2) is 0 Å². The van der Waals surface area contributed by atoms with Crippen molar-refractivity contribution in [3.63, 3.8) is 0 Å². The number of H-pyrrole nitrogens is 2. The zero-order valence-corrected chi connectivity index (χ0v) is 10.5. The van der Waals surface area contributed by atoms with E-state index in [-0.39, 0.29) is 0 Å². The highest BCUT2D eigenvalue weighted by molar-refractivity contribution is 5.46. The number of nitrogens with zero attached hydrogens (tertiary/aromatic N) is 2. The summed E-state index contributed by atoms with van der Waals surface area (Å²) in [5.41, 5.74) is 3.63. The molecule has 0 aliphatic heterocycles. The summed E-state index contributed by atoms with van der Waals surface area (Å²) < 4.78 is 0. The van der Waals surface area contributed by atoms with E-state index in [1.54, 1.807) is 24.8 Å². The maximum Gasteiger partial charge on any atom is 0.0644 e. The minimum Gasteiger partial charge on any atom is -0.284 e. The summed E-state index contributed by atoms with van der Waals surface area (Å²) in [6, 6.07) is 7.80. The first-order valence-electron chi connectivity index (χ1n) is 6.02. The summed E-state index contributed by atoms with van der Waals surface area (Å²) >= 11 is 0. The average Bonchev–Trinajstić information content (AvgIpc) is 3.17. The van der Waals surface area contributed by atoms with Crippen LogP contribution >= 0.6 is 0 Å². The molecule has 0 bridgehead atoms. The average molecular weight is 258 g/mol. The third-order valence-electron chi connectivity index (χ3n) is 2.58. The molecule has 0 saturated carbocycles. The van der Waals surface area contributed by atoms with Gasteiger partial charge in [-0.1, -0.05) is 23.7 Å². The Hall–Kier alpha value is -3.24. The normalized spacial score (nSPS) is 9.20. The van der Waals surface area contributed by atoms with E-state index >= 15 is 0 Å². The molecular weight excluding hydrogens is 248 g/mol. The lowest BCUT2D eigenvalue weighted by Crippen LogP contribution is -1.77. The van der Waals surface area contributed by atoms with Crippen molar-refractivity contribution in [2.75, 3.05) is 0 Å². The molecule has 2 N–H and O–H groups in total. The molecule has 4 nitrogen and oxygen atoms in total. The van der Waals surface area contributed by atoms with Gasteiger partial charge in [0.15, 0.2) is 0 Å². The highest BCUT2D eigenvalue weighted by Gasteiger charge is 1.90. The van der Waals surface area contributed by atoms with Crippen molar-refractivity contribution in [2.45, 2.75) is 0 Å². The van der Waals surface area contributed by atoms with Crippen molar-refractivity contribution in [3.05, 3.63) is 71.3 Å². The molecule has 20 heavy (non-hydrogen) atoms. The third kappa shape index (κ3) is 2.95. The molecule has 0 unspecified atom stereocenters. The molecule has 3 rings (SSSR count). The minimum absolute atomic E-state index is 0.869. The summed E-state index contributed by atoms with van der Waals surface area (Å²) in [6.45, 7) is 0. The van der Waals surface area contributed by atoms with Crippen molar-refractivity contribution >= 4 is 0 Å². The third-order valence-corrected chi connectivity index (χ3v) is 2.58. The second-order valence-electron chi connectivity index (χ2n) is 4.05. The van der Waals surface area contributed by atoms with E-state index < -0.39 is 0 Å². The van der Waals surface area contributed by atoms with Crippen LogP contribution in [0.4, 0.5) is 0 Å². The number of rotatable bonds is 0. The number of aromatic amines is 2. The Kier molecular flexibility index (Phi) is 3.31. The lowest BCUT2D eigenvalue weighted by atomic mass is 10.1. The highest BCUT2D eigenvalue weighted by atomic mass is 15.1. The molecular formula is C16H10N4. The van der Waals surface area contributed by atoms with Gasteiger partial charge in [0.25, 0.3) is 0 Å². The molecule has 0 fully saturated rings. The topological polar surface area (TPSA) is 57.4 Å². The van der Waals surface area contributed by atoms with Crippen LogP contribution in [-0.2, 0) is 0 Å². The van der Waals surface area contributed by atoms with Crippen molar-refractivity contribution < 1.29 is 0 Å². The maximum atomic E-state index is 3.84. The van der Waals surface area contributed by atoms with Gasteiger partial charge in [-0.05, 0) is 24.3 Å². The number of hydrogen-bond acceptors (Lipinski definition) is 2. The van der Waals surface area contributed by atoms with Crippen LogP contribution in [0.1, 0.15) is 22.3 Å². The van der Waals surface area contributed by atoms with Crippen LogP contribution < -0.4 is 0 Å². The Morgan fingerprint density at radius 3 is 1.35 bits per heavy atom. The first-order chi connectivity index (χ1) is 9.90. The van der Waals surface area contributed by atoms with Gasteiger partial charge >= 0.3 is 0 Å². The van der Waals surface area contributed by atoms with Gasteiger partial charge in [0.1, 0.15) is 0 Å². The van der Waals surface area contributed by atoms with E-state index in [0.29, 0.717) is 0 Å². The van der Waals surface area contributed by atoms with Gasteiger partial charge in [-0.3, -0.25) is 10.2 Å². The van der Waals surface area contributed by atoms with Gasteiger partial charge in [0, 0.05) is 23.5 Å². The number of benzene rings is 1. The molecule has 2 aromatic heterocycles. The smallest absolute Gasteiger partial charge is 0.0644 e. The molecule has 0 saturated heterocycles. The fraction of sp³-hybridized carbons (Fsp3) is 0. The highest BCUT2D eigenvalue weighted by Crippen LogP contribution is 2.03. The first-order valence-corrected chi connectivity index (χ1v) is 6.02. The van der Waals surface area contributed by atoms with Crippen molar-refractivity contribution in [1.82, 2.24) is 20.4 Å². The molecule has 0 radical (unpaired) electrons. The van der Waals surface area contributed by atoms with Crippen LogP contribution in [0.5, 0.6) is 0 Å². The van der Waals surface area contributed by atoms with Crippen LogP contribution in [0.15, 0.2) is 49.1 Å². The van der Waals surface area contributed by atoms with E-state index in [4.69, 9.17) is 0 Å². The fourth-order valence-electron chi connectivity index (χ4n) is 1.56. The predicted octanol–water partition coefficient (Wildman–Crippen LogP) is 1.93. The van der Waals surface area contributed by atoms with Crippen LogP contribution in [0.2, 0.25) is 0 Å². The predicted molar refractivity (Wildman–Crippen MR) is 75.6 cm³/mol. The maximum absolute atomic E-state index is 3.84. The lowest BCUT2D eigenvalue weighted by Gasteiger charge is -1.91. The number of nitrogens with one attached hydrogen (secondary N) is 2. The zero-order valence-electron chi connectivity index (χ0n) is 10.5. The quantitative estimate of drug-likeness (QED) is 0.605. The van der Waals surface area contributed by atoms with E-state index in [9.17, 15) is 0 Å². The molecule has 3 aromatic rings. The van der Waals surface area contributed by atoms with E-state index in [0.717, 1.165) is 22.3 Å². The molecule has 1 aromatic carbocycles. The Morgan fingerprint density at radius 2 is 1.00 bits per heavy atom. The van der Waals surface area contributed by atoms with Crippen LogP contribution in [-0.4, -0.2) is 20.4 Å². The summed E-state index contributed by atoms with van der Waals surface area (Å²) in [7, 11) is 0. The molecule has 94 valence electrons. The summed E-state index contributed by atoms with van der Waals surface area (Å²) in [5, 5.41) is 13.1. The standard InChI is InChI=1S/C16H10N4/c1-2-14(6-8-16-11-19-20-12-16)4-3-13(1)5-7-15-9-17-18-10-15/h1-4,9-12H,(H,17,18)(H,19,20). The van der Waals surface area contributed by atoms with Gasteiger partial charge < -0.3 is 0 Å². The van der Waals surface area contributed by atoms with Gasteiger partial charge in [-0.2, -0.15) is 10.2 Å². The van der Waals surface area contributed by atoms with Crippen molar-refractivity contribution in [2.24, 2.45) is 0 Å². The van der Waals surface area contributed by atoms with Gasteiger partial charge in [0.2, 0.25) is 0 Å². The molecule has 0 aliphatic rings. The monoisotopic (exact) mass is 258 g/mol. The fourth-order valence-corrected chi connectivity index (χ4v) is 1.56. The molecule has 0 atom stereocenters. The lowest BCUT2D eigenvalue weighted by molar-refractivity contribution is 1.09. The summed E-state index contributed by atoms with van der Waals surface area (Å²) in [6.07, 6.45) is 6.91. The number of aromatic nitrogens is 4. The molecule has 4 heteroatoms. The Morgan fingerprint density at radius 1 is 0.600 bits per heavy atom. The second kappa shape index (κ2) is 5.60. The van der Waals surface area contributed by atoms with E-state index in [1.165, 1.54) is 0 Å². The van der Waals surface area contributed by atoms with Gasteiger partial charge in [0.05, 0.1) is 23.5 Å². The van der Waals surface area contributed by atoms with Crippen molar-refractivity contribution in [3.8, 4) is 23.7 Å². The number of hydrogen-bond donors (Lipinski definition) is 2. The molecule has 2 heterocycles. The molecule has 0 aliphatic carbocycles. The minimum atomic E-state index is 0.869. The molecule has 0 spiro atoms. The van der Waals surface area contributed by atoms with Crippen LogP contribution in [0, 0.1) is 23.7 Å². The first kappa shape index (κ1) is 11.8. The summed E-state index contributed by atoms with van der Waals surface area (Å²) in [5.74, 6) is 12.2. The van der Waals surface area contributed by atoms with Crippen LogP contribution in [0.3, 0.4) is 0 Å². The van der Waals surface area contributed by atoms with Crippen LogP contribution in [0.25, 0.3) is 0 Å². The largest absolute Gasteiger partial charge is 0.284 e. The zero-order chi connectivity index (χ0) is 13.6. The van der Waals surface area contributed by atoms with E-state index in [2.05, 4.69) is 44.1 Å². The summed E-state index contributed by atoms with van der Waals surface area (Å²) in [4.78, 5) is 0. The Labute approximate surface area is 116 Å². The Bertz CT molecular complexity index is 718. The van der Waals surface area contributed by atoms with Gasteiger partial charge in [-0.15, -0.1) is 0 Å². The van der Waals surface area contributed by atoms with Crippen molar-refractivity contribution in [1.29, 1.82) is 0 Å². The van der Waals surface area contributed by atoms with E-state index in [1.807, 2.05) is 24.3 Å². The molecule has 0 amide bonds.